The maximum absolute atomic E-state index is 11.3. The lowest BCUT2D eigenvalue weighted by Gasteiger charge is -2.04. The predicted molar refractivity (Wildman–Crippen MR) is 63.5 cm³/mol. The van der Waals surface area contributed by atoms with Crippen LogP contribution in [0.15, 0.2) is 0 Å². The van der Waals surface area contributed by atoms with Gasteiger partial charge in [-0.1, -0.05) is 22.6 Å². The number of alkyl halides is 2. The number of rotatable bonds is 0. The molecule has 2 heterocycles. The first-order valence-corrected chi connectivity index (χ1v) is 7.52. The van der Waals surface area contributed by atoms with E-state index in [1.807, 2.05) is 22.6 Å². The second-order valence-corrected chi connectivity index (χ2v) is 7.61. The standard InChI is InChI=1S/C5H6BI2O3S/c7-3-1-2-4(6-3)5(8)11-12(2,9)10/h2-5H,1H2. The molecule has 0 spiro atoms. The fraction of sp³-hybridized carbons (Fsp3) is 1.00. The van der Waals surface area contributed by atoms with Gasteiger partial charge in [0.05, 0.1) is 5.25 Å². The van der Waals surface area contributed by atoms with Gasteiger partial charge in [0, 0.05) is 0 Å². The molecule has 4 unspecified atom stereocenters. The van der Waals surface area contributed by atoms with Crippen LogP contribution in [0.5, 0.6) is 0 Å². The Hall–Kier alpha value is 1.43. The summed E-state index contributed by atoms with van der Waals surface area (Å²) in [5.41, 5.74) is 0. The second-order valence-electron chi connectivity index (χ2n) is 3.00. The summed E-state index contributed by atoms with van der Waals surface area (Å²) in [7, 11) is -1.16. The maximum atomic E-state index is 11.3. The first kappa shape index (κ1) is 9.97. The third-order valence-electron chi connectivity index (χ3n) is 2.22. The molecule has 0 aromatic carbocycles. The van der Waals surface area contributed by atoms with E-state index in [4.69, 9.17) is 4.18 Å². The Labute approximate surface area is 99.6 Å². The summed E-state index contributed by atoms with van der Waals surface area (Å²) in [6, 6.07) is 0. The Morgan fingerprint density at radius 3 is 2.67 bits per heavy atom. The summed E-state index contributed by atoms with van der Waals surface area (Å²) in [4.78, 5) is 0. The highest BCUT2D eigenvalue weighted by molar-refractivity contribution is 14.1. The average molecular weight is 411 g/mol. The zero-order valence-electron chi connectivity index (χ0n) is 5.98. The van der Waals surface area contributed by atoms with Crippen molar-refractivity contribution in [2.75, 3.05) is 0 Å². The average Bonchev–Trinajstić information content (AvgIpc) is 2.37. The summed E-state index contributed by atoms with van der Waals surface area (Å²) >= 11 is 4.32. The van der Waals surface area contributed by atoms with Gasteiger partial charge in [-0.25, -0.2) is 0 Å². The monoisotopic (exact) mass is 411 g/mol. The van der Waals surface area contributed by atoms with Gasteiger partial charge in [-0.3, -0.25) is 4.18 Å². The molecule has 0 N–H and O–H groups in total. The van der Waals surface area contributed by atoms with E-state index in [0.717, 1.165) is 0 Å². The van der Waals surface area contributed by atoms with E-state index in [2.05, 4.69) is 29.9 Å². The minimum absolute atomic E-state index is 0.109. The zero-order chi connectivity index (χ0) is 8.93. The van der Waals surface area contributed by atoms with Crippen LogP contribution in [0.2, 0.25) is 5.82 Å². The topological polar surface area (TPSA) is 43.4 Å². The van der Waals surface area contributed by atoms with Crippen molar-refractivity contribution in [2.24, 2.45) is 0 Å². The molecule has 0 saturated carbocycles. The summed E-state index contributed by atoms with van der Waals surface area (Å²) in [6.45, 7) is 0. The molecule has 12 heavy (non-hydrogen) atoms. The van der Waals surface area contributed by atoms with E-state index >= 15 is 0 Å². The van der Waals surface area contributed by atoms with Gasteiger partial charge < -0.3 is 0 Å². The molecule has 2 saturated heterocycles. The normalized spacial score (nSPS) is 50.2. The van der Waals surface area contributed by atoms with Crippen LogP contribution in [0.1, 0.15) is 6.42 Å². The minimum atomic E-state index is -3.25. The number of halogens is 2. The van der Waals surface area contributed by atoms with Crippen molar-refractivity contribution in [3.05, 3.63) is 0 Å². The quantitative estimate of drug-likeness (QED) is 0.260. The van der Waals surface area contributed by atoms with Gasteiger partial charge in [0.25, 0.3) is 10.1 Å². The Kier molecular flexibility index (Phi) is 2.68. The van der Waals surface area contributed by atoms with Crippen molar-refractivity contribution in [3.8, 4) is 0 Å². The van der Waals surface area contributed by atoms with Crippen LogP contribution in [0, 0.1) is 0 Å². The zero-order valence-corrected chi connectivity index (χ0v) is 11.1. The number of fused-ring (bicyclic) bond motifs is 1. The molecular formula is C5H6BI2O3S. The van der Waals surface area contributed by atoms with E-state index in [1.165, 1.54) is 0 Å². The molecule has 0 aromatic rings. The fourth-order valence-electron chi connectivity index (χ4n) is 1.65. The molecule has 67 valence electrons. The Morgan fingerprint density at radius 1 is 1.42 bits per heavy atom. The first-order chi connectivity index (χ1) is 5.50. The van der Waals surface area contributed by atoms with Crippen molar-refractivity contribution in [2.45, 2.75) is 25.4 Å². The van der Waals surface area contributed by atoms with Crippen LogP contribution >= 0.6 is 45.2 Å². The van der Waals surface area contributed by atoms with Crippen molar-refractivity contribution in [1.29, 1.82) is 0 Å². The molecule has 0 amide bonds. The molecule has 2 rings (SSSR count). The maximum Gasteiger partial charge on any atom is 0.270 e. The van der Waals surface area contributed by atoms with E-state index < -0.39 is 10.1 Å². The smallest absolute Gasteiger partial charge is 0.256 e. The summed E-state index contributed by atoms with van der Waals surface area (Å²) < 4.78 is 27.8. The van der Waals surface area contributed by atoms with E-state index in [9.17, 15) is 8.42 Å². The number of hydrogen-bond donors (Lipinski definition) is 0. The van der Waals surface area contributed by atoms with E-state index in [1.54, 1.807) is 0 Å². The first-order valence-electron chi connectivity index (χ1n) is 3.56. The minimum Gasteiger partial charge on any atom is -0.256 e. The highest BCUT2D eigenvalue weighted by Crippen LogP contribution is 2.46. The Morgan fingerprint density at radius 2 is 2.08 bits per heavy atom. The summed E-state index contributed by atoms with van der Waals surface area (Å²) in [5, 5.41) is -0.277. The molecule has 7 heteroatoms. The van der Waals surface area contributed by atoms with Gasteiger partial charge in [0.15, 0.2) is 0 Å². The van der Waals surface area contributed by atoms with Gasteiger partial charge in [-0.2, -0.15) is 8.42 Å². The predicted octanol–water partition coefficient (Wildman–Crippen LogP) is 1.13. The van der Waals surface area contributed by atoms with Crippen LogP contribution in [0.3, 0.4) is 0 Å². The van der Waals surface area contributed by atoms with Gasteiger partial charge in [0.2, 0.25) is 0 Å². The second kappa shape index (κ2) is 3.23. The van der Waals surface area contributed by atoms with Gasteiger partial charge in [-0.05, 0) is 38.7 Å². The van der Waals surface area contributed by atoms with Gasteiger partial charge in [-0.15, -0.1) is 0 Å². The van der Waals surface area contributed by atoms with Crippen LogP contribution in [0.4, 0.5) is 0 Å². The van der Waals surface area contributed by atoms with Crippen LogP contribution in [-0.4, -0.2) is 28.9 Å². The van der Waals surface area contributed by atoms with Crippen LogP contribution < -0.4 is 0 Å². The Balaban J connectivity index is 2.31. The Bertz CT molecular complexity index is 293. The van der Waals surface area contributed by atoms with Crippen molar-refractivity contribution >= 4 is 62.6 Å². The molecular weight excluding hydrogens is 405 g/mol. The molecule has 0 aliphatic carbocycles. The summed E-state index contributed by atoms with van der Waals surface area (Å²) in [5.74, 6) is 0.109. The molecule has 3 nitrogen and oxygen atoms in total. The number of hydrogen-bond acceptors (Lipinski definition) is 3. The van der Waals surface area contributed by atoms with Crippen molar-refractivity contribution in [1.82, 2.24) is 0 Å². The third kappa shape index (κ3) is 1.54. The van der Waals surface area contributed by atoms with Crippen LogP contribution in [-0.2, 0) is 14.3 Å². The highest BCUT2D eigenvalue weighted by atomic mass is 127. The summed E-state index contributed by atoms with van der Waals surface area (Å²) in [6.07, 6.45) is 0.715. The van der Waals surface area contributed by atoms with Crippen molar-refractivity contribution in [3.63, 3.8) is 0 Å². The largest absolute Gasteiger partial charge is 0.270 e. The van der Waals surface area contributed by atoms with Crippen molar-refractivity contribution < 1.29 is 12.6 Å². The molecule has 2 fully saturated rings. The molecule has 4 atom stereocenters. The lowest BCUT2D eigenvalue weighted by atomic mass is 9.68. The highest BCUT2D eigenvalue weighted by Gasteiger charge is 2.52. The van der Waals surface area contributed by atoms with E-state index in [-0.39, 0.29) is 15.2 Å². The molecule has 0 bridgehead atoms. The SMILES string of the molecule is O=S1(=O)OC(I)C2[B]C(I)CC21. The van der Waals surface area contributed by atoms with Gasteiger partial charge >= 0.3 is 0 Å². The lowest BCUT2D eigenvalue weighted by molar-refractivity contribution is 0.337. The molecule has 2 aliphatic rings. The van der Waals surface area contributed by atoms with Gasteiger partial charge in [0.1, 0.15) is 11.4 Å². The molecule has 2 aliphatic heterocycles. The van der Waals surface area contributed by atoms with E-state index in [0.29, 0.717) is 10.2 Å². The van der Waals surface area contributed by atoms with Crippen LogP contribution in [0.25, 0.3) is 0 Å². The third-order valence-corrected chi connectivity index (χ3v) is 6.29. The molecule has 0 aromatic heterocycles. The molecule has 1 radical (unpaired) electrons. The fourth-order valence-corrected chi connectivity index (χ4v) is 6.50. The lowest BCUT2D eigenvalue weighted by Crippen LogP contribution is -2.14.